The third-order valence-corrected chi connectivity index (χ3v) is 3.23. The number of amides is 1. The molecule has 80 valence electrons. The van der Waals surface area contributed by atoms with Crippen LogP contribution >= 0.6 is 11.3 Å². The molecular weight excluding hydrogens is 220 g/mol. The zero-order valence-corrected chi connectivity index (χ0v) is 9.54. The highest BCUT2D eigenvalue weighted by molar-refractivity contribution is 7.17. The lowest BCUT2D eigenvalue weighted by molar-refractivity contribution is 0.0950. The minimum absolute atomic E-state index is 0.188. The summed E-state index contributed by atoms with van der Waals surface area (Å²) in [6.45, 7) is 1.66. The first-order chi connectivity index (χ1) is 7.72. The minimum atomic E-state index is -0.467. The number of fused-ring (bicyclic) bond motifs is 1. The average Bonchev–Trinajstić information content (AvgIpc) is 2.72. The number of carbonyl (C=O) groups is 1. The van der Waals surface area contributed by atoms with E-state index in [1.54, 1.807) is 6.92 Å². The van der Waals surface area contributed by atoms with Crippen molar-refractivity contribution in [3.63, 3.8) is 0 Å². The van der Waals surface area contributed by atoms with Crippen molar-refractivity contribution < 1.29 is 4.79 Å². The molecule has 1 aromatic heterocycles. The molecule has 2 rings (SSSR count). The maximum absolute atomic E-state index is 11.8. The van der Waals surface area contributed by atoms with Crippen molar-refractivity contribution in [2.45, 2.75) is 13.0 Å². The predicted octanol–water partition coefficient (Wildman–Crippen LogP) is 2.54. The topological polar surface area (TPSA) is 52.9 Å². The maximum Gasteiger partial charge on any atom is 0.253 e. The van der Waals surface area contributed by atoms with Crippen molar-refractivity contribution in [1.29, 1.82) is 5.26 Å². The quantitative estimate of drug-likeness (QED) is 0.862. The van der Waals surface area contributed by atoms with Crippen LogP contribution in [0.3, 0.4) is 0 Å². The molecular formula is C12H10N2OS. The second-order valence-corrected chi connectivity index (χ2v) is 4.38. The molecule has 1 atom stereocenters. The average molecular weight is 230 g/mol. The van der Waals surface area contributed by atoms with Gasteiger partial charge in [0.2, 0.25) is 0 Å². The van der Waals surface area contributed by atoms with Crippen LogP contribution in [0.15, 0.2) is 29.6 Å². The molecule has 0 saturated heterocycles. The number of carbonyl (C=O) groups excluding carboxylic acids is 1. The number of nitriles is 1. The highest BCUT2D eigenvalue weighted by atomic mass is 32.1. The number of hydrogen-bond donors (Lipinski definition) is 1. The molecule has 2 aromatic rings. The minimum Gasteiger partial charge on any atom is -0.336 e. The first-order valence-corrected chi connectivity index (χ1v) is 5.77. The number of thiophene rings is 1. The van der Waals surface area contributed by atoms with Gasteiger partial charge in [-0.25, -0.2) is 0 Å². The Balaban J connectivity index is 2.34. The van der Waals surface area contributed by atoms with Gasteiger partial charge in [0.25, 0.3) is 5.91 Å². The highest BCUT2D eigenvalue weighted by Gasteiger charge is 2.13. The summed E-state index contributed by atoms with van der Waals surface area (Å²) in [5.74, 6) is -0.188. The molecule has 1 amide bonds. The predicted molar refractivity (Wildman–Crippen MR) is 64.4 cm³/mol. The molecule has 1 N–H and O–H groups in total. The van der Waals surface area contributed by atoms with Crippen LogP contribution in [0.5, 0.6) is 0 Å². The summed E-state index contributed by atoms with van der Waals surface area (Å²) >= 11 is 1.53. The zero-order valence-electron chi connectivity index (χ0n) is 8.73. The van der Waals surface area contributed by atoms with Crippen molar-refractivity contribution in [3.05, 3.63) is 35.2 Å². The Labute approximate surface area is 97.3 Å². The standard InChI is InChI=1S/C12H10N2OS/c1-8(6-13)14-12(15)10-7-16-11-5-3-2-4-9(10)11/h2-5,7-8H,1H3,(H,14,15). The van der Waals surface area contributed by atoms with E-state index < -0.39 is 6.04 Å². The second kappa shape index (κ2) is 4.33. The van der Waals surface area contributed by atoms with E-state index in [1.165, 1.54) is 11.3 Å². The lowest BCUT2D eigenvalue weighted by Crippen LogP contribution is -2.31. The number of rotatable bonds is 2. The summed E-state index contributed by atoms with van der Waals surface area (Å²) < 4.78 is 1.08. The lowest BCUT2D eigenvalue weighted by Gasteiger charge is -2.04. The Morgan fingerprint density at radius 2 is 2.25 bits per heavy atom. The Kier molecular flexibility index (Phi) is 2.88. The molecule has 0 spiro atoms. The summed E-state index contributed by atoms with van der Waals surface area (Å²) in [5.41, 5.74) is 0.641. The summed E-state index contributed by atoms with van der Waals surface area (Å²) in [6.07, 6.45) is 0. The van der Waals surface area contributed by atoms with Gasteiger partial charge >= 0.3 is 0 Å². The SMILES string of the molecule is CC(C#N)NC(=O)c1csc2ccccc12. The van der Waals surface area contributed by atoms with Crippen LogP contribution in [0.4, 0.5) is 0 Å². The van der Waals surface area contributed by atoms with E-state index in [4.69, 9.17) is 5.26 Å². The maximum atomic E-state index is 11.8. The van der Waals surface area contributed by atoms with Crippen molar-refractivity contribution in [2.75, 3.05) is 0 Å². The number of benzene rings is 1. The Hall–Kier alpha value is -1.86. The van der Waals surface area contributed by atoms with Crippen LogP contribution in [0.1, 0.15) is 17.3 Å². The van der Waals surface area contributed by atoms with Crippen LogP contribution in [0.2, 0.25) is 0 Å². The molecule has 0 bridgehead atoms. The first kappa shape index (κ1) is 10.7. The van der Waals surface area contributed by atoms with E-state index in [2.05, 4.69) is 5.32 Å². The van der Waals surface area contributed by atoms with Crippen molar-refractivity contribution >= 4 is 27.3 Å². The van der Waals surface area contributed by atoms with E-state index in [1.807, 2.05) is 35.7 Å². The van der Waals surface area contributed by atoms with E-state index >= 15 is 0 Å². The Morgan fingerprint density at radius 3 is 3.00 bits per heavy atom. The highest BCUT2D eigenvalue weighted by Crippen LogP contribution is 2.25. The summed E-state index contributed by atoms with van der Waals surface area (Å²) in [7, 11) is 0. The summed E-state index contributed by atoms with van der Waals surface area (Å²) in [4.78, 5) is 11.8. The molecule has 3 nitrogen and oxygen atoms in total. The van der Waals surface area contributed by atoms with E-state index in [0.717, 1.165) is 10.1 Å². The smallest absolute Gasteiger partial charge is 0.253 e. The number of nitrogens with one attached hydrogen (secondary N) is 1. The summed E-state index contributed by atoms with van der Waals surface area (Å²) in [5, 5.41) is 14.0. The van der Waals surface area contributed by atoms with Gasteiger partial charge in [-0.3, -0.25) is 4.79 Å². The van der Waals surface area contributed by atoms with E-state index in [9.17, 15) is 4.79 Å². The molecule has 4 heteroatoms. The van der Waals surface area contributed by atoms with Crippen LogP contribution in [-0.4, -0.2) is 11.9 Å². The number of nitrogens with zero attached hydrogens (tertiary/aromatic N) is 1. The van der Waals surface area contributed by atoms with E-state index in [-0.39, 0.29) is 5.91 Å². The van der Waals surface area contributed by atoms with Gasteiger partial charge in [-0.15, -0.1) is 11.3 Å². The second-order valence-electron chi connectivity index (χ2n) is 3.47. The van der Waals surface area contributed by atoms with E-state index in [0.29, 0.717) is 5.56 Å². The normalized spacial score (nSPS) is 12.0. The first-order valence-electron chi connectivity index (χ1n) is 4.89. The zero-order chi connectivity index (χ0) is 11.5. The molecule has 0 aliphatic carbocycles. The van der Waals surface area contributed by atoms with Crippen LogP contribution in [0.25, 0.3) is 10.1 Å². The monoisotopic (exact) mass is 230 g/mol. The Morgan fingerprint density at radius 1 is 1.50 bits per heavy atom. The molecule has 1 unspecified atom stereocenters. The van der Waals surface area contributed by atoms with Crippen LogP contribution < -0.4 is 5.32 Å². The third kappa shape index (κ3) is 1.90. The molecule has 0 saturated carbocycles. The third-order valence-electron chi connectivity index (χ3n) is 2.27. The fourth-order valence-electron chi connectivity index (χ4n) is 1.46. The van der Waals surface area contributed by atoms with Gasteiger partial charge in [-0.05, 0) is 13.0 Å². The Bertz CT molecular complexity index is 568. The van der Waals surface area contributed by atoms with Crippen LogP contribution in [-0.2, 0) is 0 Å². The van der Waals surface area contributed by atoms with Crippen molar-refractivity contribution in [3.8, 4) is 6.07 Å². The largest absolute Gasteiger partial charge is 0.336 e. The molecule has 16 heavy (non-hydrogen) atoms. The van der Waals surface area contributed by atoms with Gasteiger partial charge in [0, 0.05) is 15.5 Å². The van der Waals surface area contributed by atoms with Crippen molar-refractivity contribution in [2.24, 2.45) is 0 Å². The van der Waals surface area contributed by atoms with Gasteiger partial charge < -0.3 is 5.32 Å². The van der Waals surface area contributed by atoms with Crippen LogP contribution in [0, 0.1) is 11.3 Å². The van der Waals surface area contributed by atoms with Gasteiger partial charge in [-0.1, -0.05) is 18.2 Å². The molecule has 0 radical (unpaired) electrons. The van der Waals surface area contributed by atoms with Gasteiger partial charge in [0.15, 0.2) is 0 Å². The molecule has 0 fully saturated rings. The number of hydrogen-bond acceptors (Lipinski definition) is 3. The van der Waals surface area contributed by atoms with Gasteiger partial charge in [0.05, 0.1) is 11.6 Å². The molecule has 0 aliphatic rings. The van der Waals surface area contributed by atoms with Gasteiger partial charge in [-0.2, -0.15) is 5.26 Å². The van der Waals surface area contributed by atoms with Crippen molar-refractivity contribution in [1.82, 2.24) is 5.32 Å². The fourth-order valence-corrected chi connectivity index (χ4v) is 2.40. The lowest BCUT2D eigenvalue weighted by atomic mass is 10.1. The summed E-state index contributed by atoms with van der Waals surface area (Å²) in [6, 6.07) is 9.25. The molecule has 0 aliphatic heterocycles. The van der Waals surface area contributed by atoms with Gasteiger partial charge in [0.1, 0.15) is 6.04 Å². The fraction of sp³-hybridized carbons (Fsp3) is 0.167. The molecule has 1 aromatic carbocycles. The molecule has 1 heterocycles.